The number of aromatic nitrogens is 4. The predicted octanol–water partition coefficient (Wildman–Crippen LogP) is 17.3. The summed E-state index contributed by atoms with van der Waals surface area (Å²) in [5.74, 6) is 0.232. The minimum atomic E-state index is 0.232. The van der Waals surface area contributed by atoms with Crippen LogP contribution in [0.15, 0.2) is 200 Å². The summed E-state index contributed by atoms with van der Waals surface area (Å²) < 4.78 is 9.46. The number of rotatable bonds is 3. The quantitative estimate of drug-likeness (QED) is 0.192. The van der Waals surface area contributed by atoms with Gasteiger partial charge in [-0.1, -0.05) is 140 Å². The van der Waals surface area contributed by atoms with Crippen LogP contribution in [-0.4, -0.2) is 23.9 Å². The lowest BCUT2D eigenvalue weighted by Crippen LogP contribution is -1.90. The molecule has 0 fully saturated rings. The van der Waals surface area contributed by atoms with Crippen molar-refractivity contribution >= 4 is 139 Å². The van der Waals surface area contributed by atoms with Crippen LogP contribution in [0, 0.1) is 0 Å². The molecule has 0 atom stereocenters. The average molecular weight is 915 g/mol. The molecule has 0 aliphatic heterocycles. The molecule has 320 valence electrons. The molecule has 6 aromatic heterocycles. The summed E-state index contributed by atoms with van der Waals surface area (Å²) in [6.45, 7) is 0. The van der Waals surface area contributed by atoms with Gasteiger partial charge in [0.15, 0.2) is 11.3 Å². The Bertz CT molecular complexity index is 4920. The Morgan fingerprint density at radius 2 is 0.797 bits per heavy atom. The van der Waals surface area contributed by atoms with Gasteiger partial charge in [-0.05, 0) is 97.5 Å². The number of imidazole rings is 2. The number of fused-ring (bicyclic) bond motifs is 22. The Hall–Kier alpha value is -8.62. The average Bonchev–Trinajstić information content (AvgIpc) is 4.19. The number of hydrogen-bond acceptors (Lipinski definition) is 5. The van der Waals surface area contributed by atoms with E-state index in [1.807, 2.05) is 34.8 Å². The highest BCUT2D eigenvalue weighted by Gasteiger charge is 2.22. The maximum atomic E-state index is 11.6. The molecule has 0 amide bonds. The predicted molar refractivity (Wildman–Crippen MR) is 293 cm³/mol. The van der Waals surface area contributed by atoms with Crippen LogP contribution in [0.5, 0.6) is 5.75 Å². The van der Waals surface area contributed by atoms with Crippen LogP contribution < -0.4 is 0 Å². The Labute approximate surface area is 400 Å². The molecule has 6 heterocycles. The largest absolute Gasteiger partial charge is 0.507 e. The van der Waals surface area contributed by atoms with E-state index in [0.29, 0.717) is 0 Å². The highest BCUT2D eigenvalue weighted by atomic mass is 32.1. The van der Waals surface area contributed by atoms with Gasteiger partial charge in [0, 0.05) is 70.8 Å². The van der Waals surface area contributed by atoms with Gasteiger partial charge in [0.2, 0.25) is 0 Å². The van der Waals surface area contributed by atoms with E-state index in [9.17, 15) is 5.11 Å². The van der Waals surface area contributed by atoms with Gasteiger partial charge in [-0.2, -0.15) is 0 Å². The second kappa shape index (κ2) is 13.7. The number of nitrogens with zero attached hydrogens (tertiary/aromatic N) is 4. The van der Waals surface area contributed by atoms with Gasteiger partial charge >= 0.3 is 0 Å². The topological polar surface area (TPSA) is 54.8 Å². The highest BCUT2D eigenvalue weighted by molar-refractivity contribution is 7.27. The fraction of sp³-hybridized carbons (Fsp3) is 0. The van der Waals surface area contributed by atoms with Gasteiger partial charge in [0.1, 0.15) is 5.75 Å². The number of hydrogen-bond donors (Lipinski definition) is 1. The summed E-state index contributed by atoms with van der Waals surface area (Å²) >= 11 is 3.63. The molecular weight excluding hydrogens is 881 g/mol. The first-order valence-electron chi connectivity index (χ1n) is 23.2. The maximum absolute atomic E-state index is 11.6. The van der Waals surface area contributed by atoms with Crippen LogP contribution in [0.4, 0.5) is 0 Å². The SMILES string of the molecule is Oc1ccc(-c2cc3ccccc3c3nc4c5sc6ccc7ccccc7c6c5ccn4c23)cc1-c1ccc(-c2cc3ccccc3c3nc4c5sc6ccc7ccccc7c6c5ccn4c23)cc1. The van der Waals surface area contributed by atoms with Crippen molar-refractivity contribution in [2.24, 2.45) is 0 Å². The van der Waals surface area contributed by atoms with Crippen molar-refractivity contribution in [1.82, 2.24) is 18.8 Å². The molecule has 0 unspecified atom stereocenters. The van der Waals surface area contributed by atoms with E-state index < -0.39 is 0 Å². The molecule has 16 rings (SSSR count). The molecule has 0 radical (unpaired) electrons. The lowest BCUT2D eigenvalue weighted by Gasteiger charge is -2.13. The molecule has 0 spiro atoms. The molecule has 0 aliphatic rings. The Morgan fingerprint density at radius 1 is 0.362 bits per heavy atom. The van der Waals surface area contributed by atoms with E-state index in [0.717, 1.165) is 88.3 Å². The first kappa shape index (κ1) is 37.5. The lowest BCUT2D eigenvalue weighted by molar-refractivity contribution is 0.477. The summed E-state index contributed by atoms with van der Waals surface area (Å²) in [4.78, 5) is 11.0. The van der Waals surface area contributed by atoms with Crippen LogP contribution in [0.2, 0.25) is 0 Å². The number of phenolic OH excluding ortho intramolecular Hbond substituents is 1. The second-order valence-electron chi connectivity index (χ2n) is 18.2. The third-order valence-corrected chi connectivity index (χ3v) is 16.9. The van der Waals surface area contributed by atoms with E-state index in [2.05, 4.69) is 197 Å². The smallest absolute Gasteiger partial charge is 0.156 e. The normalized spacial score (nSPS) is 12.4. The number of pyridine rings is 2. The third kappa shape index (κ3) is 5.17. The minimum Gasteiger partial charge on any atom is -0.507 e. The van der Waals surface area contributed by atoms with Crippen molar-refractivity contribution in [2.75, 3.05) is 0 Å². The molecule has 0 saturated carbocycles. The van der Waals surface area contributed by atoms with Gasteiger partial charge < -0.3 is 5.11 Å². The Morgan fingerprint density at radius 3 is 1.32 bits per heavy atom. The van der Waals surface area contributed by atoms with Crippen LogP contribution in [0.3, 0.4) is 0 Å². The second-order valence-corrected chi connectivity index (χ2v) is 20.4. The van der Waals surface area contributed by atoms with Crippen molar-refractivity contribution in [3.8, 4) is 39.1 Å². The van der Waals surface area contributed by atoms with Gasteiger partial charge in [-0.25, -0.2) is 9.97 Å². The molecule has 0 saturated heterocycles. The zero-order valence-electron chi connectivity index (χ0n) is 36.6. The molecule has 10 aromatic carbocycles. The number of aromatic hydroxyl groups is 1. The van der Waals surface area contributed by atoms with Gasteiger partial charge in [0.25, 0.3) is 0 Å². The van der Waals surface area contributed by atoms with Gasteiger partial charge in [-0.3, -0.25) is 8.80 Å². The Kier molecular flexibility index (Phi) is 7.46. The van der Waals surface area contributed by atoms with Crippen molar-refractivity contribution < 1.29 is 5.11 Å². The summed E-state index contributed by atoms with van der Waals surface area (Å²) in [7, 11) is 0. The van der Waals surface area contributed by atoms with Crippen molar-refractivity contribution in [3.05, 3.63) is 200 Å². The van der Waals surface area contributed by atoms with Crippen molar-refractivity contribution in [1.29, 1.82) is 0 Å². The standard InChI is InChI=1S/C62H34N4OS2/c67-50-24-21-40(49-33-39-12-4-8-16-44(39)56-58(49)66-30-28-46-54-42-14-6-2-10-35(42)23-26-52(54)69-60(46)62(66)64-56)31-47(50)36-17-19-37(20-18-36)48-32-38-11-3-7-15-43(38)55-57(48)65-29-27-45-53-41-13-5-1-9-34(41)22-25-51(53)68-59(45)61(65)63-55/h1-33,67H. The molecule has 1 N–H and O–H groups in total. The molecule has 0 aliphatic carbocycles. The molecular formula is C62H34N4OS2. The van der Waals surface area contributed by atoms with Gasteiger partial charge in [0.05, 0.1) is 31.5 Å². The van der Waals surface area contributed by atoms with E-state index in [4.69, 9.17) is 9.97 Å². The molecule has 5 nitrogen and oxygen atoms in total. The Balaban J connectivity index is 0.859. The summed E-state index contributed by atoms with van der Waals surface area (Å²) in [6.07, 6.45) is 4.40. The maximum Gasteiger partial charge on any atom is 0.156 e. The van der Waals surface area contributed by atoms with Crippen molar-refractivity contribution in [2.45, 2.75) is 0 Å². The van der Waals surface area contributed by atoms with Crippen LogP contribution >= 0.6 is 22.7 Å². The van der Waals surface area contributed by atoms with E-state index in [1.165, 1.54) is 61.9 Å². The first-order valence-corrected chi connectivity index (χ1v) is 24.8. The molecule has 69 heavy (non-hydrogen) atoms. The van der Waals surface area contributed by atoms with Crippen LogP contribution in [-0.2, 0) is 0 Å². The monoisotopic (exact) mass is 914 g/mol. The zero-order chi connectivity index (χ0) is 45.1. The van der Waals surface area contributed by atoms with Crippen molar-refractivity contribution in [3.63, 3.8) is 0 Å². The molecule has 7 heteroatoms. The van der Waals surface area contributed by atoms with E-state index in [-0.39, 0.29) is 5.75 Å². The number of thiophene rings is 2. The van der Waals surface area contributed by atoms with E-state index >= 15 is 0 Å². The van der Waals surface area contributed by atoms with Gasteiger partial charge in [-0.15, -0.1) is 22.7 Å². The summed E-state index contributed by atoms with van der Waals surface area (Å²) in [5.41, 5.74) is 12.0. The third-order valence-electron chi connectivity index (χ3n) is 14.6. The van der Waals surface area contributed by atoms with E-state index in [1.54, 1.807) is 0 Å². The number of phenols is 1. The summed E-state index contributed by atoms with van der Waals surface area (Å²) in [5, 5.41) is 26.2. The molecule has 0 bridgehead atoms. The zero-order valence-corrected chi connectivity index (χ0v) is 38.2. The first-order chi connectivity index (χ1) is 34.1. The molecule has 16 aromatic rings. The number of benzene rings is 10. The summed E-state index contributed by atoms with van der Waals surface area (Å²) in [6, 6.07) is 67.1. The minimum absolute atomic E-state index is 0.232. The fourth-order valence-corrected chi connectivity index (χ4v) is 13.8. The van der Waals surface area contributed by atoms with Crippen LogP contribution in [0.1, 0.15) is 0 Å². The van der Waals surface area contributed by atoms with Crippen LogP contribution in [0.25, 0.3) is 150 Å². The lowest BCUT2D eigenvalue weighted by atomic mass is 9.93. The fourth-order valence-electron chi connectivity index (χ4n) is 11.4. The highest BCUT2D eigenvalue weighted by Crippen LogP contribution is 2.46.